The van der Waals surface area contributed by atoms with Crippen molar-refractivity contribution in [2.75, 3.05) is 0 Å². The van der Waals surface area contributed by atoms with E-state index in [4.69, 9.17) is 0 Å². The Kier molecular flexibility index (Phi) is 5.42. The van der Waals surface area contributed by atoms with Crippen LogP contribution in [0.4, 0.5) is 0 Å². The monoisotopic (exact) mass is 420 g/mol. The third kappa shape index (κ3) is 3.65. The van der Waals surface area contributed by atoms with Crippen molar-refractivity contribution in [2.24, 2.45) is 0 Å². The Labute approximate surface area is 186 Å². The lowest BCUT2D eigenvalue weighted by molar-refractivity contribution is 0.111. The van der Waals surface area contributed by atoms with E-state index in [1.165, 1.54) is 11.1 Å². The maximum atomic E-state index is 11.5. The molecular weight excluding hydrogens is 396 g/mol. The molecule has 4 heteroatoms. The third-order valence-corrected chi connectivity index (χ3v) is 6.26. The zero-order chi connectivity index (χ0) is 21.9. The van der Waals surface area contributed by atoms with Crippen LogP contribution in [0.2, 0.25) is 0 Å². The van der Waals surface area contributed by atoms with Crippen molar-refractivity contribution >= 4 is 34.4 Å². The lowest BCUT2D eigenvalue weighted by Crippen LogP contribution is -2.05. The first-order valence-electron chi connectivity index (χ1n) is 10.9. The van der Waals surface area contributed by atoms with Crippen LogP contribution in [0.1, 0.15) is 31.8 Å². The molecule has 4 nitrogen and oxygen atoms in total. The number of benzene rings is 3. The van der Waals surface area contributed by atoms with Gasteiger partial charge in [-0.25, -0.2) is 0 Å². The van der Waals surface area contributed by atoms with Crippen LogP contribution in [0.25, 0.3) is 21.8 Å². The summed E-state index contributed by atoms with van der Waals surface area (Å²) in [5.41, 5.74) is 6.27. The van der Waals surface area contributed by atoms with Crippen molar-refractivity contribution in [3.05, 3.63) is 107 Å². The highest BCUT2D eigenvalue weighted by Gasteiger charge is 2.10. The molecule has 0 unspecified atom stereocenters. The first-order chi connectivity index (χ1) is 15.8. The van der Waals surface area contributed by atoms with E-state index >= 15 is 0 Å². The Morgan fingerprint density at radius 3 is 1.41 bits per heavy atom. The number of para-hydroxylation sites is 2. The van der Waals surface area contributed by atoms with Gasteiger partial charge in [0.15, 0.2) is 12.6 Å². The number of rotatable bonds is 8. The van der Waals surface area contributed by atoms with Gasteiger partial charge in [0.25, 0.3) is 0 Å². The summed E-state index contributed by atoms with van der Waals surface area (Å²) in [6, 6.07) is 24.6. The fourth-order valence-corrected chi connectivity index (χ4v) is 4.64. The van der Waals surface area contributed by atoms with Crippen molar-refractivity contribution in [2.45, 2.75) is 25.9 Å². The van der Waals surface area contributed by atoms with Crippen molar-refractivity contribution in [1.82, 2.24) is 9.13 Å². The molecule has 0 amide bonds. The van der Waals surface area contributed by atoms with E-state index in [1.54, 1.807) is 0 Å². The standard InChI is InChI=1S/C28H24N2O2/c31-19-23-17-29(27-11-5-3-9-25(23)27)15-13-21-7-1-2-8-22(21)14-16-30-18-24(20-32)26-10-4-6-12-28(26)30/h1-12,17-20H,13-16H2. The average molecular weight is 421 g/mol. The van der Waals surface area contributed by atoms with E-state index in [0.717, 1.165) is 71.4 Å². The van der Waals surface area contributed by atoms with Crippen molar-refractivity contribution in [3.63, 3.8) is 0 Å². The minimum absolute atomic E-state index is 0.736. The maximum absolute atomic E-state index is 11.5. The molecule has 0 saturated carbocycles. The topological polar surface area (TPSA) is 44.0 Å². The lowest BCUT2D eigenvalue weighted by Gasteiger charge is -2.12. The summed E-state index contributed by atoms with van der Waals surface area (Å²) in [7, 11) is 0. The molecule has 0 aliphatic heterocycles. The highest BCUT2D eigenvalue weighted by molar-refractivity contribution is 5.98. The molecule has 0 spiro atoms. The van der Waals surface area contributed by atoms with E-state index in [2.05, 4.69) is 45.5 Å². The van der Waals surface area contributed by atoms with Gasteiger partial charge in [0, 0.05) is 58.4 Å². The number of aryl methyl sites for hydroxylation is 4. The fraction of sp³-hybridized carbons (Fsp3) is 0.143. The molecule has 2 heterocycles. The highest BCUT2D eigenvalue weighted by atomic mass is 16.1. The predicted octanol–water partition coefficient (Wildman–Crippen LogP) is 5.71. The molecule has 0 fully saturated rings. The first kappa shape index (κ1) is 20.0. The van der Waals surface area contributed by atoms with Crippen LogP contribution < -0.4 is 0 Å². The second-order valence-electron chi connectivity index (χ2n) is 8.09. The first-order valence-corrected chi connectivity index (χ1v) is 10.9. The number of nitrogens with zero attached hydrogens (tertiary/aromatic N) is 2. The second kappa shape index (κ2) is 8.67. The molecule has 0 aliphatic rings. The molecule has 158 valence electrons. The van der Waals surface area contributed by atoms with Crippen LogP contribution in [-0.4, -0.2) is 21.7 Å². The zero-order valence-corrected chi connectivity index (χ0v) is 17.8. The van der Waals surface area contributed by atoms with Gasteiger partial charge in [0.2, 0.25) is 0 Å². The minimum atomic E-state index is 0.736. The van der Waals surface area contributed by atoms with Crippen molar-refractivity contribution < 1.29 is 9.59 Å². The zero-order valence-electron chi connectivity index (χ0n) is 17.8. The maximum Gasteiger partial charge on any atom is 0.152 e. The summed E-state index contributed by atoms with van der Waals surface area (Å²) in [5.74, 6) is 0. The number of aromatic nitrogens is 2. The van der Waals surface area contributed by atoms with Gasteiger partial charge in [-0.15, -0.1) is 0 Å². The van der Waals surface area contributed by atoms with Crippen LogP contribution in [0, 0.1) is 0 Å². The van der Waals surface area contributed by atoms with Gasteiger partial charge in [-0.1, -0.05) is 60.7 Å². The Balaban J connectivity index is 1.37. The average Bonchev–Trinajstić information content (AvgIpc) is 3.40. The molecule has 0 N–H and O–H groups in total. The SMILES string of the molecule is O=Cc1cn(CCc2ccccc2CCn2cc(C=O)c3ccccc32)c2ccccc12. The van der Waals surface area contributed by atoms with Gasteiger partial charge in [-0.05, 0) is 36.1 Å². The quantitative estimate of drug-likeness (QED) is 0.302. The molecule has 5 rings (SSSR count). The number of hydrogen-bond acceptors (Lipinski definition) is 2. The van der Waals surface area contributed by atoms with Crippen LogP contribution in [0.15, 0.2) is 85.2 Å². The normalized spacial score (nSPS) is 11.2. The number of fused-ring (bicyclic) bond motifs is 2. The second-order valence-corrected chi connectivity index (χ2v) is 8.09. The van der Waals surface area contributed by atoms with E-state index < -0.39 is 0 Å². The molecule has 2 aromatic heterocycles. The molecule has 0 saturated heterocycles. The van der Waals surface area contributed by atoms with Crippen LogP contribution in [-0.2, 0) is 25.9 Å². The Morgan fingerprint density at radius 1 is 0.562 bits per heavy atom. The van der Waals surface area contributed by atoms with Crippen molar-refractivity contribution in [1.29, 1.82) is 0 Å². The highest BCUT2D eigenvalue weighted by Crippen LogP contribution is 2.23. The summed E-state index contributed by atoms with van der Waals surface area (Å²) in [4.78, 5) is 22.9. The fourth-order valence-electron chi connectivity index (χ4n) is 4.64. The van der Waals surface area contributed by atoms with Crippen LogP contribution >= 0.6 is 0 Å². The summed E-state index contributed by atoms with van der Waals surface area (Å²) < 4.78 is 4.34. The molecule has 3 aromatic carbocycles. The lowest BCUT2D eigenvalue weighted by atomic mass is 10.0. The summed E-state index contributed by atoms with van der Waals surface area (Å²) in [6.07, 6.45) is 7.54. The van der Waals surface area contributed by atoms with E-state index in [0.29, 0.717) is 0 Å². The molecule has 0 bridgehead atoms. The number of aldehydes is 2. The van der Waals surface area contributed by atoms with Gasteiger partial charge in [-0.2, -0.15) is 0 Å². The Bertz CT molecular complexity index is 1320. The number of hydrogen-bond donors (Lipinski definition) is 0. The number of carbonyl (C=O) groups excluding carboxylic acids is 2. The Hall–Kier alpha value is -3.92. The van der Waals surface area contributed by atoms with E-state index in [-0.39, 0.29) is 0 Å². The summed E-state index contributed by atoms with van der Waals surface area (Å²) in [5, 5.41) is 2.00. The Morgan fingerprint density at radius 2 is 0.969 bits per heavy atom. The van der Waals surface area contributed by atoms with Gasteiger partial charge < -0.3 is 9.13 Å². The van der Waals surface area contributed by atoms with Gasteiger partial charge in [0.05, 0.1) is 0 Å². The largest absolute Gasteiger partial charge is 0.346 e. The van der Waals surface area contributed by atoms with Gasteiger partial charge >= 0.3 is 0 Å². The molecule has 5 aromatic rings. The third-order valence-electron chi connectivity index (χ3n) is 6.26. The van der Waals surface area contributed by atoms with E-state index in [9.17, 15) is 9.59 Å². The van der Waals surface area contributed by atoms with Gasteiger partial charge in [-0.3, -0.25) is 9.59 Å². The summed E-state index contributed by atoms with van der Waals surface area (Å²) in [6.45, 7) is 1.63. The van der Waals surface area contributed by atoms with Crippen LogP contribution in [0.3, 0.4) is 0 Å². The number of carbonyl (C=O) groups is 2. The molecule has 0 atom stereocenters. The van der Waals surface area contributed by atoms with Crippen LogP contribution in [0.5, 0.6) is 0 Å². The summed E-state index contributed by atoms with van der Waals surface area (Å²) >= 11 is 0. The van der Waals surface area contributed by atoms with E-state index in [1.807, 2.05) is 48.8 Å². The molecule has 0 radical (unpaired) electrons. The predicted molar refractivity (Wildman–Crippen MR) is 129 cm³/mol. The smallest absolute Gasteiger partial charge is 0.152 e. The van der Waals surface area contributed by atoms with Crippen molar-refractivity contribution in [3.8, 4) is 0 Å². The molecule has 32 heavy (non-hydrogen) atoms. The molecular formula is C28H24N2O2. The van der Waals surface area contributed by atoms with Gasteiger partial charge in [0.1, 0.15) is 0 Å². The molecule has 0 aliphatic carbocycles. The minimum Gasteiger partial charge on any atom is -0.346 e.